The Morgan fingerprint density at radius 3 is 2.38 bits per heavy atom. The van der Waals surface area contributed by atoms with Crippen LogP contribution in [0.4, 0.5) is 0 Å². The Hall–Kier alpha value is -0.540. The highest BCUT2D eigenvalue weighted by Gasteiger charge is 2.35. The van der Waals surface area contributed by atoms with Gasteiger partial charge in [-0.2, -0.15) is 0 Å². The van der Waals surface area contributed by atoms with Gasteiger partial charge < -0.3 is 9.47 Å². The molecule has 1 aromatic rings. The van der Waals surface area contributed by atoms with Crippen molar-refractivity contribution in [1.82, 2.24) is 0 Å². The minimum atomic E-state index is 0.0319. The van der Waals surface area contributed by atoms with Gasteiger partial charge in [0, 0.05) is 5.33 Å². The lowest BCUT2D eigenvalue weighted by Crippen LogP contribution is -2.38. The van der Waals surface area contributed by atoms with Crippen molar-refractivity contribution in [1.29, 1.82) is 0 Å². The molecule has 0 heterocycles. The molecule has 0 saturated heterocycles. The van der Waals surface area contributed by atoms with Gasteiger partial charge in [-0.1, -0.05) is 47.8 Å². The van der Waals surface area contributed by atoms with E-state index in [0.29, 0.717) is 6.61 Å². The Morgan fingerprint density at radius 1 is 1.19 bits per heavy atom. The molecule has 1 aliphatic rings. The lowest BCUT2D eigenvalue weighted by atomic mass is 9.78. The lowest BCUT2D eigenvalue weighted by Gasteiger charge is -2.39. The second-order valence-electron chi connectivity index (χ2n) is 6.19. The normalized spacial score (nSPS) is 25.8. The Bertz CT molecular complexity index is 408. The zero-order chi connectivity index (χ0) is 15.1. The molecule has 2 rings (SSSR count). The van der Waals surface area contributed by atoms with Gasteiger partial charge in [0.1, 0.15) is 5.75 Å². The van der Waals surface area contributed by atoms with E-state index in [1.807, 2.05) is 12.1 Å². The highest BCUT2D eigenvalue weighted by molar-refractivity contribution is 9.09. The molecule has 1 saturated carbocycles. The summed E-state index contributed by atoms with van der Waals surface area (Å²) in [5.41, 5.74) is 1.25. The summed E-state index contributed by atoms with van der Waals surface area (Å²) in [4.78, 5) is 0. The van der Waals surface area contributed by atoms with Crippen LogP contribution in [0.25, 0.3) is 0 Å². The van der Waals surface area contributed by atoms with Crippen LogP contribution in [0, 0.1) is 5.92 Å². The summed E-state index contributed by atoms with van der Waals surface area (Å²) in [6.45, 7) is 2.97. The van der Waals surface area contributed by atoms with Crippen LogP contribution < -0.4 is 4.74 Å². The quantitative estimate of drug-likeness (QED) is 0.615. The first-order valence-electron chi connectivity index (χ1n) is 8.04. The molecule has 0 spiro atoms. The van der Waals surface area contributed by atoms with Crippen molar-refractivity contribution >= 4 is 15.9 Å². The van der Waals surface area contributed by atoms with Crippen LogP contribution in [0.15, 0.2) is 24.3 Å². The molecule has 0 bridgehead atoms. The van der Waals surface area contributed by atoms with Gasteiger partial charge in [0.25, 0.3) is 0 Å². The third-order valence-electron chi connectivity index (χ3n) is 4.66. The van der Waals surface area contributed by atoms with Gasteiger partial charge in [0.2, 0.25) is 0 Å². The minimum Gasteiger partial charge on any atom is -0.497 e. The van der Waals surface area contributed by atoms with Crippen LogP contribution in [-0.4, -0.2) is 18.0 Å². The highest BCUT2D eigenvalue weighted by Crippen LogP contribution is 2.38. The van der Waals surface area contributed by atoms with Gasteiger partial charge in [-0.15, -0.1) is 0 Å². The fourth-order valence-corrected chi connectivity index (χ4v) is 3.90. The van der Waals surface area contributed by atoms with Crippen molar-refractivity contribution in [3.05, 3.63) is 29.8 Å². The molecule has 1 aromatic carbocycles. The first kappa shape index (κ1) is 16.8. The molecule has 0 amide bonds. The summed E-state index contributed by atoms with van der Waals surface area (Å²) >= 11 is 3.68. The van der Waals surface area contributed by atoms with Crippen molar-refractivity contribution in [2.75, 3.05) is 12.4 Å². The molecule has 0 N–H and O–H groups in total. The number of halogens is 1. The summed E-state index contributed by atoms with van der Waals surface area (Å²) in [6, 6.07) is 8.17. The topological polar surface area (TPSA) is 18.5 Å². The van der Waals surface area contributed by atoms with Gasteiger partial charge in [0.05, 0.1) is 19.3 Å². The molecule has 118 valence electrons. The molecule has 0 radical (unpaired) electrons. The maximum absolute atomic E-state index is 6.32. The maximum Gasteiger partial charge on any atom is 0.118 e. The minimum absolute atomic E-state index is 0.0319. The number of ether oxygens (including phenoxy) is 2. The van der Waals surface area contributed by atoms with E-state index in [1.54, 1.807) is 7.11 Å². The molecule has 21 heavy (non-hydrogen) atoms. The number of methoxy groups -OCH3 is 1. The summed E-state index contributed by atoms with van der Waals surface area (Å²) in [6.07, 6.45) is 7.65. The molecular formula is C18H27BrO2. The number of benzene rings is 1. The Labute approximate surface area is 137 Å². The van der Waals surface area contributed by atoms with E-state index < -0.39 is 0 Å². The third kappa shape index (κ3) is 4.72. The van der Waals surface area contributed by atoms with Gasteiger partial charge >= 0.3 is 0 Å². The first-order valence-corrected chi connectivity index (χ1v) is 9.16. The fraction of sp³-hybridized carbons (Fsp3) is 0.667. The molecule has 0 aliphatic heterocycles. The number of alkyl halides is 1. The van der Waals surface area contributed by atoms with Crippen molar-refractivity contribution < 1.29 is 9.47 Å². The van der Waals surface area contributed by atoms with Crippen LogP contribution in [0.3, 0.4) is 0 Å². The summed E-state index contributed by atoms with van der Waals surface area (Å²) in [5.74, 6) is 1.81. The van der Waals surface area contributed by atoms with Crippen LogP contribution in [-0.2, 0) is 11.3 Å². The van der Waals surface area contributed by atoms with E-state index in [1.165, 1.54) is 44.1 Å². The second kappa shape index (κ2) is 8.19. The van der Waals surface area contributed by atoms with Crippen molar-refractivity contribution in [2.24, 2.45) is 5.92 Å². The number of rotatable bonds is 7. The fourth-order valence-electron chi connectivity index (χ4n) is 3.18. The average molecular weight is 355 g/mol. The van der Waals surface area contributed by atoms with Crippen molar-refractivity contribution in [3.8, 4) is 5.75 Å². The smallest absolute Gasteiger partial charge is 0.118 e. The number of hydrogen-bond acceptors (Lipinski definition) is 2. The zero-order valence-electron chi connectivity index (χ0n) is 13.2. The summed E-state index contributed by atoms with van der Waals surface area (Å²) < 4.78 is 11.5. The van der Waals surface area contributed by atoms with Gasteiger partial charge in [-0.05, 0) is 49.3 Å². The summed E-state index contributed by atoms with van der Waals surface area (Å²) in [5, 5.41) is 0.939. The monoisotopic (exact) mass is 354 g/mol. The molecule has 2 nitrogen and oxygen atoms in total. The molecular weight excluding hydrogens is 328 g/mol. The molecule has 0 unspecified atom stereocenters. The van der Waals surface area contributed by atoms with Gasteiger partial charge in [-0.3, -0.25) is 0 Å². The van der Waals surface area contributed by atoms with Crippen molar-refractivity contribution in [3.63, 3.8) is 0 Å². The van der Waals surface area contributed by atoms with E-state index >= 15 is 0 Å². The first-order chi connectivity index (χ1) is 10.2. The van der Waals surface area contributed by atoms with Gasteiger partial charge in [-0.25, -0.2) is 0 Å². The van der Waals surface area contributed by atoms with Crippen LogP contribution in [0.2, 0.25) is 0 Å². The standard InChI is InChI=1S/C18H27BrO2/c1-3-4-15-9-11-18(14-19,12-10-15)21-13-16-5-7-17(20-2)8-6-16/h5-8,15H,3-4,9-14H2,1-2H3. The molecule has 0 aromatic heterocycles. The lowest BCUT2D eigenvalue weighted by molar-refractivity contribution is -0.0705. The molecule has 1 aliphatic carbocycles. The number of hydrogen-bond donors (Lipinski definition) is 0. The van der Waals surface area contributed by atoms with Crippen LogP contribution in [0.1, 0.15) is 51.0 Å². The van der Waals surface area contributed by atoms with E-state index in [-0.39, 0.29) is 5.60 Å². The molecule has 0 atom stereocenters. The van der Waals surface area contributed by atoms with Crippen molar-refractivity contribution in [2.45, 2.75) is 57.7 Å². The van der Waals surface area contributed by atoms with Crippen LogP contribution in [0.5, 0.6) is 5.75 Å². The van der Waals surface area contributed by atoms with E-state index in [9.17, 15) is 0 Å². The Kier molecular flexibility index (Phi) is 6.56. The Balaban J connectivity index is 1.87. The molecule has 1 fully saturated rings. The predicted octanol–water partition coefficient (Wildman–Crippen LogP) is 5.34. The SMILES string of the molecule is CCCC1CCC(CBr)(OCc2ccc(OC)cc2)CC1. The maximum atomic E-state index is 6.32. The Morgan fingerprint density at radius 2 is 1.86 bits per heavy atom. The average Bonchev–Trinajstić information content (AvgIpc) is 2.55. The largest absolute Gasteiger partial charge is 0.497 e. The van der Waals surface area contributed by atoms with Gasteiger partial charge in [0.15, 0.2) is 0 Å². The highest BCUT2D eigenvalue weighted by atomic mass is 79.9. The van der Waals surface area contributed by atoms with E-state index in [4.69, 9.17) is 9.47 Å². The summed E-state index contributed by atoms with van der Waals surface area (Å²) in [7, 11) is 1.69. The second-order valence-corrected chi connectivity index (χ2v) is 6.75. The third-order valence-corrected chi connectivity index (χ3v) is 5.68. The predicted molar refractivity (Wildman–Crippen MR) is 91.2 cm³/mol. The van der Waals surface area contributed by atoms with E-state index in [2.05, 4.69) is 35.0 Å². The zero-order valence-corrected chi connectivity index (χ0v) is 14.8. The van der Waals surface area contributed by atoms with E-state index in [0.717, 1.165) is 17.0 Å². The van der Waals surface area contributed by atoms with Crippen LogP contribution >= 0.6 is 15.9 Å². The molecule has 3 heteroatoms.